The topological polar surface area (TPSA) is 57.3 Å². The van der Waals surface area contributed by atoms with Crippen LogP contribution in [0.2, 0.25) is 0 Å². The zero-order valence-electron chi connectivity index (χ0n) is 13.5. The molecule has 7 heteroatoms. The third kappa shape index (κ3) is 10.8. The van der Waals surface area contributed by atoms with E-state index in [9.17, 15) is 4.79 Å². The van der Waals surface area contributed by atoms with Crippen LogP contribution >= 0.6 is 0 Å². The molecule has 0 saturated heterocycles. The molecule has 0 unspecified atom stereocenters. The molecule has 0 radical (unpaired) electrons. The molecule has 1 rings (SSSR count). The first kappa shape index (κ1) is 23.4. The van der Waals surface area contributed by atoms with Crippen LogP contribution in [0.15, 0.2) is 18.3 Å². The van der Waals surface area contributed by atoms with E-state index < -0.39 is 0 Å². The maximum atomic E-state index is 11.8. The summed E-state index contributed by atoms with van der Waals surface area (Å²) in [6, 6.07) is 3.65. The van der Waals surface area contributed by atoms with Gasteiger partial charge in [0.1, 0.15) is 0 Å². The molecule has 0 bridgehead atoms. The van der Waals surface area contributed by atoms with Crippen LogP contribution in [-0.2, 0) is 0 Å². The summed E-state index contributed by atoms with van der Waals surface area (Å²) >= 11 is 0. The number of amides is 1. The number of pyridine rings is 1. The summed E-state index contributed by atoms with van der Waals surface area (Å²) in [4.78, 5) is 18.1. The van der Waals surface area contributed by atoms with E-state index in [1.807, 2.05) is 13.0 Å². The van der Waals surface area contributed by atoms with Crippen molar-refractivity contribution < 1.29 is 29.6 Å². The predicted molar refractivity (Wildman–Crippen MR) is 82.0 cm³/mol. The molecular weight excluding hydrogens is 323 g/mol. The Labute approximate surface area is 146 Å². The van der Waals surface area contributed by atoms with Gasteiger partial charge in [-0.25, -0.2) is 0 Å². The molecule has 1 aromatic rings. The molecule has 1 heterocycles. The van der Waals surface area contributed by atoms with Crippen molar-refractivity contribution in [3.63, 3.8) is 0 Å². The molecule has 5 nitrogen and oxygen atoms in total. The fourth-order valence-corrected chi connectivity index (χ4v) is 1.76. The van der Waals surface area contributed by atoms with Gasteiger partial charge in [-0.2, -0.15) is 0 Å². The third-order valence-electron chi connectivity index (χ3n) is 2.95. The first-order chi connectivity index (χ1) is 9.59. The minimum atomic E-state index is -0.0508. The second kappa shape index (κ2) is 13.8. The lowest BCUT2D eigenvalue weighted by molar-refractivity contribution is -0.001000. The Morgan fingerprint density at radius 1 is 1.14 bits per heavy atom. The molecule has 0 spiro atoms. The van der Waals surface area contributed by atoms with Gasteiger partial charge in [-0.3, -0.25) is 9.78 Å². The maximum absolute atomic E-state index is 11.8. The fourth-order valence-electron chi connectivity index (χ4n) is 1.76. The molecule has 0 aliphatic rings. The first-order valence-corrected chi connectivity index (χ1v) is 7.16. The van der Waals surface area contributed by atoms with Gasteiger partial charge in [-0.1, -0.05) is 0 Å². The number of aromatic nitrogens is 1. The largest absolute Gasteiger partial charge is 1.00 e. The Hall–Kier alpha value is -0.880. The van der Waals surface area contributed by atoms with Crippen LogP contribution in [0, 0.1) is 6.92 Å². The zero-order chi connectivity index (χ0) is 14.8. The van der Waals surface area contributed by atoms with Crippen molar-refractivity contribution in [1.82, 2.24) is 20.5 Å². The van der Waals surface area contributed by atoms with Crippen LogP contribution < -0.4 is 35.4 Å². The Kier molecular flexibility index (Phi) is 14.6. The monoisotopic (exact) mass is 348 g/mol. The number of nitrogens with one attached hydrogen (secondary N) is 2. The minimum Gasteiger partial charge on any atom is -1.00 e. The summed E-state index contributed by atoms with van der Waals surface area (Å²) in [5.74, 6) is -0.0508. The summed E-state index contributed by atoms with van der Waals surface area (Å²) in [7, 11) is 4.16. The van der Waals surface area contributed by atoms with E-state index in [1.54, 1.807) is 12.3 Å². The fraction of sp³-hybridized carbons (Fsp3) is 0.600. The second-order valence-electron chi connectivity index (χ2n) is 5.20. The Morgan fingerprint density at radius 2 is 1.82 bits per heavy atom. The molecule has 22 heavy (non-hydrogen) atoms. The number of hydrogen-bond acceptors (Lipinski definition) is 4. The molecule has 128 valence electrons. The number of carbonyl (C=O) groups excluding carboxylic acids is 1. The smallest absolute Gasteiger partial charge is 0.252 e. The molecule has 1 amide bonds. The van der Waals surface area contributed by atoms with Gasteiger partial charge in [-0.05, 0) is 65.6 Å². The number of rotatable bonds is 9. The Morgan fingerprint density at radius 3 is 2.41 bits per heavy atom. The average molecular weight is 349 g/mol. The molecule has 2 N–H and O–H groups in total. The van der Waals surface area contributed by atoms with Crippen LogP contribution in [0.5, 0.6) is 0 Å². The van der Waals surface area contributed by atoms with Crippen molar-refractivity contribution in [3.8, 4) is 0 Å². The van der Waals surface area contributed by atoms with Gasteiger partial charge in [0.15, 0.2) is 0 Å². The molecule has 0 aromatic carbocycles. The van der Waals surface area contributed by atoms with E-state index in [0.29, 0.717) is 12.1 Å². The minimum absolute atomic E-state index is 0. The molecule has 0 atom stereocenters. The highest BCUT2D eigenvalue weighted by molar-refractivity contribution is 5.93. The van der Waals surface area contributed by atoms with Crippen molar-refractivity contribution >= 4 is 5.91 Å². The summed E-state index contributed by atoms with van der Waals surface area (Å²) in [5.41, 5.74) is 1.54. The molecule has 0 aliphatic carbocycles. The first-order valence-electron chi connectivity index (χ1n) is 7.16. The Bertz CT molecular complexity index is 399. The van der Waals surface area contributed by atoms with Gasteiger partial charge in [0, 0.05) is 18.4 Å². The highest BCUT2D eigenvalue weighted by Gasteiger charge is 2.04. The van der Waals surface area contributed by atoms with Crippen molar-refractivity contribution in [2.45, 2.75) is 19.8 Å². The summed E-state index contributed by atoms with van der Waals surface area (Å²) in [6.45, 7) is 5.65. The molecular formula is C15H26Cl2N4O-2. The standard InChI is InChI=1S/C15H26N4O.2ClH/c1-13-6-7-14(12-18-13)15(20)17-10-4-8-16-9-5-11-19(2)3;;/h6-7,12,16H,4-5,8-11H2,1-3H3,(H,17,20);2*1H/p-2. The average Bonchev–Trinajstić information content (AvgIpc) is 2.42. The van der Waals surface area contributed by atoms with Gasteiger partial charge in [0.05, 0.1) is 5.56 Å². The van der Waals surface area contributed by atoms with Gasteiger partial charge in [0.25, 0.3) is 5.91 Å². The van der Waals surface area contributed by atoms with E-state index in [-0.39, 0.29) is 30.7 Å². The maximum Gasteiger partial charge on any atom is 0.252 e. The summed E-state index contributed by atoms with van der Waals surface area (Å²) in [6.07, 6.45) is 3.70. The van der Waals surface area contributed by atoms with Crippen LogP contribution in [0.3, 0.4) is 0 Å². The van der Waals surface area contributed by atoms with Crippen LogP contribution in [0.25, 0.3) is 0 Å². The Balaban J connectivity index is 0. The van der Waals surface area contributed by atoms with E-state index in [4.69, 9.17) is 0 Å². The lowest BCUT2D eigenvalue weighted by Crippen LogP contribution is -3.00. The van der Waals surface area contributed by atoms with Gasteiger partial charge in [0.2, 0.25) is 0 Å². The van der Waals surface area contributed by atoms with Crippen LogP contribution in [0.1, 0.15) is 28.9 Å². The van der Waals surface area contributed by atoms with E-state index in [0.717, 1.165) is 38.2 Å². The van der Waals surface area contributed by atoms with E-state index in [1.165, 1.54) is 0 Å². The molecule has 0 fully saturated rings. The highest BCUT2D eigenvalue weighted by atomic mass is 35.5. The lowest BCUT2D eigenvalue weighted by Gasteiger charge is -2.10. The van der Waals surface area contributed by atoms with E-state index >= 15 is 0 Å². The quantitative estimate of drug-likeness (QED) is 0.439. The van der Waals surface area contributed by atoms with Crippen molar-refractivity contribution in [3.05, 3.63) is 29.6 Å². The SMILES string of the molecule is Cc1ccc(C(=O)NCCCNCCCN(C)C)cn1.[Cl-].[Cl-]. The summed E-state index contributed by atoms with van der Waals surface area (Å²) < 4.78 is 0. The highest BCUT2D eigenvalue weighted by Crippen LogP contribution is 1.98. The van der Waals surface area contributed by atoms with Crippen LogP contribution in [-0.4, -0.2) is 56.1 Å². The van der Waals surface area contributed by atoms with Crippen LogP contribution in [0.4, 0.5) is 0 Å². The predicted octanol–water partition coefficient (Wildman–Crippen LogP) is -4.94. The summed E-state index contributed by atoms with van der Waals surface area (Å²) in [5, 5.41) is 6.27. The normalized spacial score (nSPS) is 9.82. The molecule has 0 aliphatic heterocycles. The van der Waals surface area contributed by atoms with E-state index in [2.05, 4.69) is 34.6 Å². The van der Waals surface area contributed by atoms with Gasteiger partial charge in [-0.15, -0.1) is 0 Å². The van der Waals surface area contributed by atoms with Gasteiger partial charge < -0.3 is 40.3 Å². The van der Waals surface area contributed by atoms with Crippen molar-refractivity contribution in [2.24, 2.45) is 0 Å². The second-order valence-corrected chi connectivity index (χ2v) is 5.20. The number of nitrogens with zero attached hydrogens (tertiary/aromatic N) is 2. The molecule has 0 saturated carbocycles. The molecule has 1 aromatic heterocycles. The van der Waals surface area contributed by atoms with Crippen molar-refractivity contribution in [1.29, 1.82) is 0 Å². The van der Waals surface area contributed by atoms with Crippen molar-refractivity contribution in [2.75, 3.05) is 40.3 Å². The van der Waals surface area contributed by atoms with Gasteiger partial charge >= 0.3 is 0 Å². The number of carbonyl (C=O) groups is 1. The third-order valence-corrected chi connectivity index (χ3v) is 2.95. The number of halogens is 2. The zero-order valence-corrected chi connectivity index (χ0v) is 15.0. The number of hydrogen-bond donors (Lipinski definition) is 2. The number of aryl methyl sites for hydroxylation is 1. The lowest BCUT2D eigenvalue weighted by atomic mass is 10.2.